The summed E-state index contributed by atoms with van der Waals surface area (Å²) in [6, 6.07) is 14.5. The molecule has 1 N–H and O–H groups in total. The Bertz CT molecular complexity index is 1030. The second-order valence-electron chi connectivity index (χ2n) is 9.23. The van der Waals surface area contributed by atoms with E-state index in [2.05, 4.69) is 77.2 Å². The molecule has 0 atom stereocenters. The van der Waals surface area contributed by atoms with Gasteiger partial charge in [0, 0.05) is 39.9 Å². The van der Waals surface area contributed by atoms with Gasteiger partial charge in [0.15, 0.2) is 5.82 Å². The minimum atomic E-state index is 0.285. The van der Waals surface area contributed by atoms with Gasteiger partial charge in [-0.2, -0.15) is 0 Å². The summed E-state index contributed by atoms with van der Waals surface area (Å²) in [5.74, 6) is 0.966. The van der Waals surface area contributed by atoms with E-state index in [-0.39, 0.29) is 5.41 Å². The Hall–Kier alpha value is -2.90. The summed E-state index contributed by atoms with van der Waals surface area (Å²) < 4.78 is 6.14. The highest BCUT2D eigenvalue weighted by molar-refractivity contribution is 6.30. The van der Waals surface area contributed by atoms with Gasteiger partial charge in [0.1, 0.15) is 6.79 Å². The standard InChI is InChI=1S/C13H16ClN5.C11H16.C2H6O.CH2O/c1-15-10-6-5-9(14)8-12(10)19-11-4-3-7-18(2)13(11)16-17-19;1-9-5-7-10(8-6-9)11(2,3)4;1-3-2;1-2/h5-6,8,15H,3-4,7H2,1-2H3;5-8H,1-4H3;1-2H3;1H2. The first kappa shape index (κ1) is 30.1. The third kappa shape index (κ3) is 8.67. The molecule has 8 heteroatoms. The molecule has 2 heterocycles. The molecule has 0 fully saturated rings. The first-order valence-corrected chi connectivity index (χ1v) is 11.9. The van der Waals surface area contributed by atoms with E-state index in [1.54, 1.807) is 14.2 Å². The number of anilines is 2. The predicted octanol–water partition coefficient (Wildman–Crippen LogP) is 5.72. The lowest BCUT2D eigenvalue weighted by molar-refractivity contribution is -0.0979. The van der Waals surface area contributed by atoms with Gasteiger partial charge in [-0.25, -0.2) is 4.68 Å². The molecule has 0 bridgehead atoms. The molecule has 3 aromatic rings. The number of fused-ring (bicyclic) bond motifs is 1. The minimum absolute atomic E-state index is 0.285. The van der Waals surface area contributed by atoms with E-state index in [9.17, 15) is 0 Å². The molecule has 35 heavy (non-hydrogen) atoms. The lowest BCUT2D eigenvalue weighted by atomic mass is 9.87. The number of carbonyl (C=O) groups excluding carboxylic acids is 1. The van der Waals surface area contributed by atoms with Crippen LogP contribution in [0.4, 0.5) is 11.5 Å². The third-order valence-corrected chi connectivity index (χ3v) is 5.62. The molecule has 1 aliphatic rings. The second kappa shape index (κ2) is 14.5. The molecule has 1 aromatic heterocycles. The maximum atomic E-state index is 8.00. The number of methoxy groups -OCH3 is 1. The summed E-state index contributed by atoms with van der Waals surface area (Å²) in [5.41, 5.74) is 6.10. The average Bonchev–Trinajstić information content (AvgIpc) is 3.26. The number of halogens is 1. The Morgan fingerprint density at radius 3 is 2.23 bits per heavy atom. The van der Waals surface area contributed by atoms with E-state index in [0.29, 0.717) is 5.02 Å². The number of rotatable bonds is 2. The van der Waals surface area contributed by atoms with Crippen molar-refractivity contribution < 1.29 is 9.53 Å². The summed E-state index contributed by atoms with van der Waals surface area (Å²) in [6.07, 6.45) is 2.11. The van der Waals surface area contributed by atoms with Crippen molar-refractivity contribution in [2.45, 2.75) is 46.0 Å². The molecule has 0 unspecified atom stereocenters. The Morgan fingerprint density at radius 2 is 1.69 bits per heavy atom. The molecule has 0 spiro atoms. The van der Waals surface area contributed by atoms with Crippen LogP contribution in [-0.4, -0.2) is 56.6 Å². The van der Waals surface area contributed by atoms with Crippen LogP contribution in [0.25, 0.3) is 5.69 Å². The van der Waals surface area contributed by atoms with Crippen molar-refractivity contribution >= 4 is 29.9 Å². The molecule has 7 nitrogen and oxygen atoms in total. The Kier molecular flexibility index (Phi) is 12.5. The van der Waals surface area contributed by atoms with Crippen LogP contribution in [0.15, 0.2) is 42.5 Å². The Labute approximate surface area is 215 Å². The lowest BCUT2D eigenvalue weighted by Gasteiger charge is -2.23. The van der Waals surface area contributed by atoms with Crippen molar-refractivity contribution in [1.29, 1.82) is 0 Å². The van der Waals surface area contributed by atoms with Crippen molar-refractivity contribution in [3.63, 3.8) is 0 Å². The number of hydrogen-bond donors (Lipinski definition) is 1. The fourth-order valence-electron chi connectivity index (χ4n) is 3.54. The van der Waals surface area contributed by atoms with Crippen molar-refractivity contribution in [3.05, 3.63) is 64.3 Å². The largest absolute Gasteiger partial charge is 0.388 e. The van der Waals surface area contributed by atoms with E-state index in [1.165, 1.54) is 11.1 Å². The Balaban J connectivity index is 0.000000326. The molecule has 0 saturated heterocycles. The predicted molar refractivity (Wildman–Crippen MR) is 147 cm³/mol. The van der Waals surface area contributed by atoms with Crippen molar-refractivity contribution in [3.8, 4) is 5.69 Å². The highest BCUT2D eigenvalue weighted by Crippen LogP contribution is 2.30. The van der Waals surface area contributed by atoms with Crippen LogP contribution in [0, 0.1) is 6.92 Å². The number of benzene rings is 2. The van der Waals surface area contributed by atoms with Crippen molar-refractivity contribution in [2.75, 3.05) is 45.1 Å². The van der Waals surface area contributed by atoms with Gasteiger partial charge in [-0.1, -0.05) is 67.4 Å². The summed E-state index contributed by atoms with van der Waals surface area (Å²) in [4.78, 5) is 10.1. The fourth-order valence-corrected chi connectivity index (χ4v) is 3.70. The normalized spacial score (nSPS) is 12.1. The van der Waals surface area contributed by atoms with Gasteiger partial charge in [0.2, 0.25) is 0 Å². The number of carbonyl (C=O) groups is 1. The summed E-state index contributed by atoms with van der Waals surface area (Å²) in [5, 5.41) is 12.4. The van der Waals surface area contributed by atoms with E-state index >= 15 is 0 Å². The molecule has 4 rings (SSSR count). The number of ether oxygens (including phenoxy) is 1. The summed E-state index contributed by atoms with van der Waals surface area (Å²) in [7, 11) is 7.19. The maximum Gasteiger partial charge on any atom is 0.174 e. The Morgan fingerprint density at radius 1 is 1.09 bits per heavy atom. The third-order valence-electron chi connectivity index (χ3n) is 5.39. The van der Waals surface area contributed by atoms with E-state index in [4.69, 9.17) is 16.4 Å². The molecular formula is C27H40ClN5O2. The number of nitrogens with zero attached hydrogens (tertiary/aromatic N) is 4. The summed E-state index contributed by atoms with van der Waals surface area (Å²) >= 11 is 6.10. The highest BCUT2D eigenvalue weighted by atomic mass is 35.5. The topological polar surface area (TPSA) is 72.3 Å². The average molecular weight is 502 g/mol. The first-order valence-electron chi connectivity index (χ1n) is 11.5. The van der Waals surface area contributed by atoms with Crippen LogP contribution in [0.2, 0.25) is 5.02 Å². The monoisotopic (exact) mass is 501 g/mol. The van der Waals surface area contributed by atoms with Gasteiger partial charge in [0.05, 0.1) is 17.1 Å². The molecule has 2 aromatic carbocycles. The van der Waals surface area contributed by atoms with Gasteiger partial charge in [-0.05, 0) is 48.9 Å². The zero-order valence-electron chi connectivity index (χ0n) is 22.4. The lowest BCUT2D eigenvalue weighted by Crippen LogP contribution is -2.25. The zero-order chi connectivity index (χ0) is 26.6. The van der Waals surface area contributed by atoms with E-state index in [1.807, 2.05) is 43.8 Å². The SMILES string of the molecule is C=O.CNc1ccc(Cl)cc1-n1nnc2c1CCCN2C.COC.Cc1ccc(C(C)(C)C)cc1. The number of aromatic nitrogens is 3. The van der Waals surface area contributed by atoms with Crippen molar-refractivity contribution in [2.24, 2.45) is 0 Å². The number of aryl methyl sites for hydroxylation is 1. The van der Waals surface area contributed by atoms with Gasteiger partial charge in [0.25, 0.3) is 0 Å². The van der Waals surface area contributed by atoms with Gasteiger partial charge in [-0.3, -0.25) is 0 Å². The van der Waals surface area contributed by atoms with Gasteiger partial charge >= 0.3 is 0 Å². The summed E-state index contributed by atoms with van der Waals surface area (Å²) in [6.45, 7) is 11.8. The van der Waals surface area contributed by atoms with Crippen molar-refractivity contribution in [1.82, 2.24) is 15.0 Å². The van der Waals surface area contributed by atoms with Gasteiger partial charge in [-0.15, -0.1) is 5.10 Å². The van der Waals surface area contributed by atoms with Crippen LogP contribution >= 0.6 is 11.6 Å². The molecule has 0 amide bonds. The molecule has 0 radical (unpaired) electrons. The number of hydrogen-bond acceptors (Lipinski definition) is 6. The number of nitrogens with one attached hydrogen (secondary N) is 1. The fraction of sp³-hybridized carbons (Fsp3) is 0.444. The molecule has 0 aliphatic carbocycles. The highest BCUT2D eigenvalue weighted by Gasteiger charge is 2.22. The zero-order valence-corrected chi connectivity index (χ0v) is 23.1. The van der Waals surface area contributed by atoms with Crippen LogP contribution in [-0.2, 0) is 21.4 Å². The molecular weight excluding hydrogens is 462 g/mol. The van der Waals surface area contributed by atoms with E-state index < -0.39 is 0 Å². The smallest absolute Gasteiger partial charge is 0.174 e. The van der Waals surface area contributed by atoms with Crippen LogP contribution in [0.1, 0.15) is 44.0 Å². The van der Waals surface area contributed by atoms with E-state index in [0.717, 1.165) is 42.3 Å². The van der Waals surface area contributed by atoms with Crippen LogP contribution in [0.5, 0.6) is 0 Å². The van der Waals surface area contributed by atoms with Crippen LogP contribution in [0.3, 0.4) is 0 Å². The molecule has 192 valence electrons. The quantitative estimate of drug-likeness (QED) is 0.484. The van der Waals surface area contributed by atoms with Crippen LogP contribution < -0.4 is 10.2 Å². The minimum Gasteiger partial charge on any atom is -0.388 e. The maximum absolute atomic E-state index is 8.00. The molecule has 0 saturated carbocycles. The second-order valence-corrected chi connectivity index (χ2v) is 9.67. The van der Waals surface area contributed by atoms with Gasteiger partial charge < -0.3 is 19.7 Å². The first-order chi connectivity index (χ1) is 16.6. The molecule has 1 aliphatic heterocycles.